The summed E-state index contributed by atoms with van der Waals surface area (Å²) in [6, 6.07) is 8.88. The summed E-state index contributed by atoms with van der Waals surface area (Å²) in [4.78, 5) is 45.4. The molecule has 1 aromatic rings. The minimum absolute atomic E-state index is 0.0504. The van der Waals surface area contributed by atoms with Gasteiger partial charge in [0.1, 0.15) is 24.2 Å². The molecule has 39 heavy (non-hydrogen) atoms. The molecule has 3 saturated heterocycles. The summed E-state index contributed by atoms with van der Waals surface area (Å²) in [5.41, 5.74) is -1.04. The van der Waals surface area contributed by atoms with Gasteiger partial charge in [0.15, 0.2) is 0 Å². The summed E-state index contributed by atoms with van der Waals surface area (Å²) in [5, 5.41) is 9.15. The Balaban J connectivity index is 1.71. The molecule has 6 atom stereocenters. The van der Waals surface area contributed by atoms with E-state index in [0.29, 0.717) is 38.9 Å². The Bertz CT molecular complexity index is 1080. The molecule has 2 amide bonds. The van der Waals surface area contributed by atoms with Crippen molar-refractivity contribution in [2.75, 3.05) is 26.3 Å². The van der Waals surface area contributed by atoms with Gasteiger partial charge in [-0.05, 0) is 37.7 Å². The molecular formula is C31H42N2O6. The predicted molar refractivity (Wildman–Crippen MR) is 147 cm³/mol. The van der Waals surface area contributed by atoms with Crippen LogP contribution in [0.25, 0.3) is 0 Å². The normalized spacial score (nSPS) is 30.7. The molecule has 3 unspecified atom stereocenters. The number of aliphatic hydroxyl groups excluding tert-OH is 1. The zero-order valence-electron chi connectivity index (χ0n) is 23.2. The Morgan fingerprint density at radius 2 is 1.90 bits per heavy atom. The molecule has 0 saturated carbocycles. The quantitative estimate of drug-likeness (QED) is 0.221. The average Bonchev–Trinajstić information content (AvgIpc) is 3.43. The van der Waals surface area contributed by atoms with Gasteiger partial charge < -0.3 is 24.4 Å². The summed E-state index contributed by atoms with van der Waals surface area (Å²) in [6.45, 7) is 12.7. The average molecular weight is 539 g/mol. The van der Waals surface area contributed by atoms with E-state index in [1.165, 1.54) is 6.08 Å². The van der Waals surface area contributed by atoms with Crippen molar-refractivity contribution in [1.29, 1.82) is 0 Å². The maximum absolute atomic E-state index is 14.5. The Morgan fingerprint density at radius 3 is 2.56 bits per heavy atom. The fourth-order valence-electron chi connectivity index (χ4n) is 6.96. The van der Waals surface area contributed by atoms with Gasteiger partial charge in [0.05, 0.1) is 11.5 Å². The first-order valence-corrected chi connectivity index (χ1v) is 14.1. The fraction of sp³-hybridized carbons (Fsp3) is 0.581. The molecule has 0 aromatic heterocycles. The van der Waals surface area contributed by atoms with Crippen LogP contribution < -0.4 is 0 Å². The third-order valence-electron chi connectivity index (χ3n) is 8.83. The molecule has 1 spiro atoms. The van der Waals surface area contributed by atoms with Gasteiger partial charge in [-0.1, -0.05) is 68.8 Å². The van der Waals surface area contributed by atoms with E-state index in [4.69, 9.17) is 14.6 Å². The summed E-state index contributed by atoms with van der Waals surface area (Å²) in [7, 11) is 0. The van der Waals surface area contributed by atoms with E-state index in [9.17, 15) is 14.4 Å². The minimum Gasteiger partial charge on any atom is -0.461 e. The van der Waals surface area contributed by atoms with Crippen LogP contribution in [-0.2, 0) is 30.4 Å². The zero-order valence-corrected chi connectivity index (χ0v) is 23.2. The maximum atomic E-state index is 14.5. The van der Waals surface area contributed by atoms with Crippen LogP contribution in [0.2, 0.25) is 0 Å². The Labute approximate surface area is 231 Å². The molecule has 0 radical (unpaired) electrons. The highest BCUT2D eigenvalue weighted by atomic mass is 16.6. The topological polar surface area (TPSA) is 96.4 Å². The summed E-state index contributed by atoms with van der Waals surface area (Å²) in [5.74, 6) is -2.53. The van der Waals surface area contributed by atoms with Gasteiger partial charge in [-0.2, -0.15) is 0 Å². The largest absolute Gasteiger partial charge is 0.461 e. The molecule has 212 valence electrons. The van der Waals surface area contributed by atoms with Crippen molar-refractivity contribution in [2.45, 2.75) is 69.7 Å². The van der Waals surface area contributed by atoms with Crippen LogP contribution in [-0.4, -0.2) is 76.2 Å². The van der Waals surface area contributed by atoms with Crippen molar-refractivity contribution in [3.63, 3.8) is 0 Å². The minimum atomic E-state index is -1.11. The van der Waals surface area contributed by atoms with Crippen LogP contribution in [0.4, 0.5) is 0 Å². The molecule has 4 rings (SSSR count). The number of esters is 1. The SMILES string of the molecule is C=CCOC(=O)[C@H]1[C@H]2C(=O)N(CCCCCCO)C(C(=O)N(CC=C)Cc3ccccc3)C23CC(C)[C@]1(C)O3. The molecule has 8 heteroatoms. The predicted octanol–water partition coefficient (Wildman–Crippen LogP) is 3.49. The summed E-state index contributed by atoms with van der Waals surface area (Å²) in [6.07, 6.45) is 6.76. The molecule has 3 aliphatic heterocycles. The number of hydrogen-bond acceptors (Lipinski definition) is 6. The molecule has 3 aliphatic rings. The number of benzene rings is 1. The third kappa shape index (κ3) is 5.16. The van der Waals surface area contributed by atoms with Crippen LogP contribution in [0, 0.1) is 17.8 Å². The third-order valence-corrected chi connectivity index (χ3v) is 8.83. The number of carbonyl (C=O) groups excluding carboxylic acids is 3. The smallest absolute Gasteiger partial charge is 0.313 e. The van der Waals surface area contributed by atoms with Crippen molar-refractivity contribution in [3.8, 4) is 0 Å². The fourth-order valence-corrected chi connectivity index (χ4v) is 6.96. The van der Waals surface area contributed by atoms with E-state index in [1.807, 2.05) is 44.2 Å². The molecule has 1 aromatic carbocycles. The summed E-state index contributed by atoms with van der Waals surface area (Å²) >= 11 is 0. The molecular weight excluding hydrogens is 496 g/mol. The monoisotopic (exact) mass is 538 g/mol. The lowest BCUT2D eigenvalue weighted by molar-refractivity contribution is -0.161. The second kappa shape index (κ2) is 12.0. The van der Waals surface area contributed by atoms with E-state index in [-0.39, 0.29) is 30.9 Å². The number of carbonyl (C=O) groups is 3. The molecule has 3 heterocycles. The van der Waals surface area contributed by atoms with Crippen molar-refractivity contribution >= 4 is 17.8 Å². The van der Waals surface area contributed by atoms with Crippen LogP contribution in [0.15, 0.2) is 55.6 Å². The van der Waals surface area contributed by atoms with Crippen molar-refractivity contribution < 1.29 is 29.0 Å². The number of aliphatic hydroxyl groups is 1. The summed E-state index contributed by atoms with van der Waals surface area (Å²) < 4.78 is 12.2. The first-order valence-electron chi connectivity index (χ1n) is 14.1. The number of unbranched alkanes of at least 4 members (excludes halogenated alkanes) is 3. The highest BCUT2D eigenvalue weighted by Gasteiger charge is 2.80. The molecule has 2 bridgehead atoms. The number of ether oxygens (including phenoxy) is 2. The second-order valence-electron chi connectivity index (χ2n) is 11.3. The van der Waals surface area contributed by atoms with Crippen LogP contribution >= 0.6 is 0 Å². The first-order chi connectivity index (χ1) is 18.7. The standard InChI is InChI=1S/C31H42N2O6/c1-5-16-32(21-23-14-10-9-11-15-23)28(36)26-31-20-22(3)30(4,39-31)25(29(37)38-19-6-2)24(31)27(35)33(26)17-12-7-8-13-18-34/h5-6,9-11,14-15,22,24-26,34H,1-2,7-8,12-13,16-21H2,3-4H3/t22?,24-,25+,26?,30-,31?/m0/s1. The van der Waals surface area contributed by atoms with Crippen molar-refractivity contribution in [2.24, 2.45) is 17.8 Å². The molecule has 0 aliphatic carbocycles. The van der Waals surface area contributed by atoms with Gasteiger partial charge in [-0.15, -0.1) is 6.58 Å². The number of hydrogen-bond donors (Lipinski definition) is 1. The first kappa shape index (κ1) is 29.0. The lowest BCUT2D eigenvalue weighted by Crippen LogP contribution is -2.56. The van der Waals surface area contributed by atoms with Crippen LogP contribution in [0.5, 0.6) is 0 Å². The number of nitrogens with zero attached hydrogens (tertiary/aromatic N) is 2. The number of likely N-dealkylation sites (tertiary alicyclic amines) is 1. The van der Waals surface area contributed by atoms with Crippen LogP contribution in [0.3, 0.4) is 0 Å². The highest BCUT2D eigenvalue weighted by Crippen LogP contribution is 2.65. The van der Waals surface area contributed by atoms with Crippen LogP contribution in [0.1, 0.15) is 51.5 Å². The number of amides is 2. The number of rotatable bonds is 14. The Kier molecular flexibility index (Phi) is 8.96. The lowest BCUT2D eigenvalue weighted by atomic mass is 9.62. The number of fused-ring (bicyclic) bond motifs is 1. The molecule has 8 nitrogen and oxygen atoms in total. The van der Waals surface area contributed by atoms with Gasteiger partial charge >= 0.3 is 5.97 Å². The van der Waals surface area contributed by atoms with E-state index in [2.05, 4.69) is 13.2 Å². The van der Waals surface area contributed by atoms with Gasteiger partial charge in [-0.25, -0.2) is 0 Å². The zero-order chi connectivity index (χ0) is 28.2. The van der Waals surface area contributed by atoms with E-state index >= 15 is 0 Å². The molecule has 3 fully saturated rings. The van der Waals surface area contributed by atoms with E-state index in [1.54, 1.807) is 15.9 Å². The molecule has 1 N–H and O–H groups in total. The van der Waals surface area contributed by atoms with Gasteiger partial charge in [0.25, 0.3) is 0 Å². The van der Waals surface area contributed by atoms with E-state index in [0.717, 1.165) is 18.4 Å². The van der Waals surface area contributed by atoms with Crippen molar-refractivity contribution in [1.82, 2.24) is 9.80 Å². The van der Waals surface area contributed by atoms with Gasteiger partial charge in [-0.3, -0.25) is 14.4 Å². The lowest BCUT2D eigenvalue weighted by Gasteiger charge is -2.37. The van der Waals surface area contributed by atoms with Gasteiger partial charge in [0, 0.05) is 26.2 Å². The van der Waals surface area contributed by atoms with Gasteiger partial charge in [0.2, 0.25) is 11.8 Å². The second-order valence-corrected chi connectivity index (χ2v) is 11.3. The Hall–Kier alpha value is -2.97. The Morgan fingerprint density at radius 1 is 1.18 bits per heavy atom. The maximum Gasteiger partial charge on any atom is 0.313 e. The van der Waals surface area contributed by atoms with Crippen molar-refractivity contribution in [3.05, 3.63) is 61.2 Å². The highest BCUT2D eigenvalue weighted by molar-refractivity contribution is 5.98. The van der Waals surface area contributed by atoms with E-state index < -0.39 is 35.0 Å².